The van der Waals surface area contributed by atoms with Crippen LogP contribution in [0.15, 0.2) is 24.3 Å². The lowest BCUT2D eigenvalue weighted by Gasteiger charge is -2.26. The molecule has 4 nitrogen and oxygen atoms in total. The minimum atomic E-state index is -0.103. The molecule has 106 valence electrons. The molecule has 1 aromatic rings. The van der Waals surface area contributed by atoms with E-state index in [4.69, 9.17) is 4.74 Å². The second-order valence-electron chi connectivity index (χ2n) is 5.15. The average molecular weight is 264 g/mol. The number of nitrogens with one attached hydrogen (secondary N) is 2. The molecule has 0 unspecified atom stereocenters. The van der Waals surface area contributed by atoms with Crippen LogP contribution in [0, 0.1) is 0 Å². The Balaban J connectivity index is 2.63. The Kier molecular flexibility index (Phi) is 5.83. The molecule has 0 radical (unpaired) electrons. The fourth-order valence-corrected chi connectivity index (χ4v) is 1.81. The summed E-state index contributed by atoms with van der Waals surface area (Å²) in [6.07, 6.45) is 0. The molecule has 0 spiro atoms. The van der Waals surface area contributed by atoms with Crippen molar-refractivity contribution < 1.29 is 9.53 Å². The summed E-state index contributed by atoms with van der Waals surface area (Å²) in [6.45, 7) is 7.82. The van der Waals surface area contributed by atoms with E-state index in [1.54, 1.807) is 7.05 Å². The van der Waals surface area contributed by atoms with Crippen molar-refractivity contribution in [2.24, 2.45) is 0 Å². The summed E-state index contributed by atoms with van der Waals surface area (Å²) in [4.78, 5) is 11.5. The summed E-state index contributed by atoms with van der Waals surface area (Å²) in [6, 6.07) is 8.04. The third-order valence-corrected chi connectivity index (χ3v) is 3.01. The van der Waals surface area contributed by atoms with Gasteiger partial charge in [0.15, 0.2) is 0 Å². The number of amides is 1. The minimum Gasteiger partial charge on any atom is -0.494 e. The third kappa shape index (κ3) is 4.91. The molecule has 0 aliphatic rings. The molecule has 0 aliphatic carbocycles. The van der Waals surface area contributed by atoms with Crippen molar-refractivity contribution in [2.75, 3.05) is 26.7 Å². The molecule has 1 amide bonds. The van der Waals surface area contributed by atoms with Gasteiger partial charge in [0.05, 0.1) is 13.2 Å². The predicted octanol–water partition coefficient (Wildman–Crippen LogP) is 1.70. The first-order valence-electron chi connectivity index (χ1n) is 6.64. The van der Waals surface area contributed by atoms with E-state index in [0.717, 1.165) is 5.75 Å². The van der Waals surface area contributed by atoms with Gasteiger partial charge in [-0.3, -0.25) is 4.79 Å². The van der Waals surface area contributed by atoms with Crippen molar-refractivity contribution in [2.45, 2.75) is 26.2 Å². The van der Waals surface area contributed by atoms with E-state index in [0.29, 0.717) is 19.7 Å². The first-order valence-corrected chi connectivity index (χ1v) is 6.64. The van der Waals surface area contributed by atoms with E-state index in [9.17, 15) is 4.79 Å². The van der Waals surface area contributed by atoms with Crippen molar-refractivity contribution in [3.05, 3.63) is 29.8 Å². The molecule has 1 aromatic carbocycles. The third-order valence-electron chi connectivity index (χ3n) is 3.01. The van der Waals surface area contributed by atoms with E-state index in [2.05, 4.69) is 36.6 Å². The Labute approximate surface area is 115 Å². The Morgan fingerprint density at radius 3 is 2.42 bits per heavy atom. The summed E-state index contributed by atoms with van der Waals surface area (Å²) in [5, 5.41) is 5.77. The van der Waals surface area contributed by atoms with Gasteiger partial charge in [0, 0.05) is 12.0 Å². The smallest absolute Gasteiger partial charge is 0.233 e. The SMILES string of the molecule is CCOc1ccc(C(C)(C)CNC(=O)CNC)cc1. The van der Waals surface area contributed by atoms with Gasteiger partial charge in [-0.25, -0.2) is 0 Å². The van der Waals surface area contributed by atoms with Crippen LogP contribution in [0.1, 0.15) is 26.3 Å². The first kappa shape index (κ1) is 15.5. The zero-order valence-electron chi connectivity index (χ0n) is 12.2. The summed E-state index contributed by atoms with van der Waals surface area (Å²) in [5.41, 5.74) is 1.08. The van der Waals surface area contributed by atoms with Crippen LogP contribution >= 0.6 is 0 Å². The molecule has 1 rings (SSSR count). The van der Waals surface area contributed by atoms with Gasteiger partial charge in [-0.15, -0.1) is 0 Å². The maximum atomic E-state index is 11.5. The summed E-state index contributed by atoms with van der Waals surface area (Å²) >= 11 is 0. The second kappa shape index (κ2) is 7.14. The van der Waals surface area contributed by atoms with Gasteiger partial charge < -0.3 is 15.4 Å². The number of benzene rings is 1. The zero-order chi connectivity index (χ0) is 14.3. The Hall–Kier alpha value is -1.55. The van der Waals surface area contributed by atoms with Crippen LogP contribution in [-0.2, 0) is 10.2 Å². The quantitative estimate of drug-likeness (QED) is 0.788. The molecular formula is C15H24N2O2. The fraction of sp³-hybridized carbons (Fsp3) is 0.533. The van der Waals surface area contributed by atoms with Crippen LogP contribution < -0.4 is 15.4 Å². The molecule has 2 N–H and O–H groups in total. The van der Waals surface area contributed by atoms with Crippen LogP contribution in [0.4, 0.5) is 0 Å². The summed E-state index contributed by atoms with van der Waals surface area (Å²) in [7, 11) is 1.76. The van der Waals surface area contributed by atoms with Crippen LogP contribution in [0.2, 0.25) is 0 Å². The van der Waals surface area contributed by atoms with Crippen molar-refractivity contribution in [1.82, 2.24) is 10.6 Å². The monoisotopic (exact) mass is 264 g/mol. The molecule has 0 saturated carbocycles. The highest BCUT2D eigenvalue weighted by Crippen LogP contribution is 2.24. The van der Waals surface area contributed by atoms with Crippen LogP contribution in [-0.4, -0.2) is 32.7 Å². The van der Waals surface area contributed by atoms with Gasteiger partial charge >= 0.3 is 0 Å². The molecule has 0 aliphatic heterocycles. The van der Waals surface area contributed by atoms with Crippen molar-refractivity contribution in [1.29, 1.82) is 0 Å². The predicted molar refractivity (Wildman–Crippen MR) is 77.6 cm³/mol. The normalized spacial score (nSPS) is 11.2. The molecule has 0 atom stereocenters. The first-order chi connectivity index (χ1) is 8.99. The van der Waals surface area contributed by atoms with Gasteiger partial charge in [0.1, 0.15) is 5.75 Å². The average Bonchev–Trinajstić information content (AvgIpc) is 2.38. The molecule has 0 heterocycles. The molecule has 4 heteroatoms. The van der Waals surface area contributed by atoms with E-state index in [1.165, 1.54) is 5.56 Å². The Bertz CT molecular complexity index is 399. The fourth-order valence-electron chi connectivity index (χ4n) is 1.81. The summed E-state index contributed by atoms with van der Waals surface area (Å²) in [5.74, 6) is 0.891. The zero-order valence-corrected chi connectivity index (χ0v) is 12.2. The molecule has 0 saturated heterocycles. The number of hydrogen-bond donors (Lipinski definition) is 2. The molecule has 0 fully saturated rings. The molecule has 0 bridgehead atoms. The molecular weight excluding hydrogens is 240 g/mol. The highest BCUT2D eigenvalue weighted by atomic mass is 16.5. The van der Waals surface area contributed by atoms with Gasteiger partial charge in [-0.2, -0.15) is 0 Å². The van der Waals surface area contributed by atoms with Crippen molar-refractivity contribution in [3.8, 4) is 5.75 Å². The standard InChI is InChI=1S/C15H24N2O2/c1-5-19-13-8-6-12(7-9-13)15(2,3)11-17-14(18)10-16-4/h6-9,16H,5,10-11H2,1-4H3,(H,17,18). The summed E-state index contributed by atoms with van der Waals surface area (Å²) < 4.78 is 5.43. The van der Waals surface area contributed by atoms with Gasteiger partial charge in [0.25, 0.3) is 0 Å². The number of ether oxygens (including phenoxy) is 1. The van der Waals surface area contributed by atoms with E-state index in [1.807, 2.05) is 19.1 Å². The van der Waals surface area contributed by atoms with Crippen molar-refractivity contribution >= 4 is 5.91 Å². The number of rotatable bonds is 7. The molecule has 0 aromatic heterocycles. The number of hydrogen-bond acceptors (Lipinski definition) is 3. The van der Waals surface area contributed by atoms with Gasteiger partial charge in [0.2, 0.25) is 5.91 Å². The Morgan fingerprint density at radius 1 is 1.26 bits per heavy atom. The van der Waals surface area contributed by atoms with E-state index < -0.39 is 0 Å². The lowest BCUT2D eigenvalue weighted by atomic mass is 9.84. The van der Waals surface area contributed by atoms with Gasteiger partial charge in [-0.1, -0.05) is 26.0 Å². The number of likely N-dealkylation sites (N-methyl/N-ethyl adjacent to an activating group) is 1. The van der Waals surface area contributed by atoms with Crippen LogP contribution in [0.5, 0.6) is 5.75 Å². The van der Waals surface area contributed by atoms with E-state index in [-0.39, 0.29) is 11.3 Å². The van der Waals surface area contributed by atoms with Crippen LogP contribution in [0.25, 0.3) is 0 Å². The largest absolute Gasteiger partial charge is 0.494 e. The van der Waals surface area contributed by atoms with Gasteiger partial charge in [-0.05, 0) is 31.7 Å². The highest BCUT2D eigenvalue weighted by molar-refractivity contribution is 5.78. The maximum Gasteiger partial charge on any atom is 0.233 e. The number of carbonyl (C=O) groups excluding carboxylic acids is 1. The van der Waals surface area contributed by atoms with Crippen molar-refractivity contribution in [3.63, 3.8) is 0 Å². The lowest BCUT2D eigenvalue weighted by molar-refractivity contribution is -0.120. The lowest BCUT2D eigenvalue weighted by Crippen LogP contribution is -2.40. The van der Waals surface area contributed by atoms with E-state index >= 15 is 0 Å². The molecule has 19 heavy (non-hydrogen) atoms. The Morgan fingerprint density at radius 2 is 1.89 bits per heavy atom. The number of carbonyl (C=O) groups is 1. The minimum absolute atomic E-state index is 0.0153. The van der Waals surface area contributed by atoms with Crippen LogP contribution in [0.3, 0.4) is 0 Å². The highest BCUT2D eigenvalue weighted by Gasteiger charge is 2.21. The second-order valence-corrected chi connectivity index (χ2v) is 5.15. The maximum absolute atomic E-state index is 11.5. The topological polar surface area (TPSA) is 50.4 Å².